The smallest absolute Gasteiger partial charge is 0.0369 e. The van der Waals surface area contributed by atoms with Crippen LogP contribution >= 0.6 is 11.3 Å². The van der Waals surface area contributed by atoms with E-state index in [0.717, 1.165) is 13.1 Å². The van der Waals surface area contributed by atoms with Gasteiger partial charge in [-0.05, 0) is 49.5 Å². The van der Waals surface area contributed by atoms with Gasteiger partial charge in [-0.2, -0.15) is 0 Å². The highest BCUT2D eigenvalue weighted by Gasteiger charge is 2.51. The summed E-state index contributed by atoms with van der Waals surface area (Å²) in [4.78, 5) is 4.11. The monoisotopic (exact) mass is 294 g/mol. The maximum absolute atomic E-state index is 6.31. The molecule has 2 atom stereocenters. The Morgan fingerprint density at radius 1 is 1.45 bits per heavy atom. The van der Waals surface area contributed by atoms with Gasteiger partial charge in [0.25, 0.3) is 0 Å². The molecule has 1 saturated carbocycles. The van der Waals surface area contributed by atoms with Gasteiger partial charge < -0.3 is 5.73 Å². The molecule has 20 heavy (non-hydrogen) atoms. The van der Waals surface area contributed by atoms with Crippen LogP contribution in [-0.2, 0) is 6.54 Å². The minimum absolute atomic E-state index is 0.154. The largest absolute Gasteiger partial charge is 0.329 e. The Kier molecular flexibility index (Phi) is 4.63. The number of rotatable bonds is 5. The van der Waals surface area contributed by atoms with Crippen molar-refractivity contribution < 1.29 is 0 Å². The van der Waals surface area contributed by atoms with Crippen LogP contribution in [0.25, 0.3) is 0 Å². The van der Waals surface area contributed by atoms with Crippen molar-refractivity contribution in [3.63, 3.8) is 0 Å². The van der Waals surface area contributed by atoms with E-state index >= 15 is 0 Å². The molecule has 1 fully saturated rings. The summed E-state index contributed by atoms with van der Waals surface area (Å²) >= 11 is 1.86. The summed E-state index contributed by atoms with van der Waals surface area (Å²) in [7, 11) is 0. The second-order valence-corrected chi connectivity index (χ2v) is 8.59. The van der Waals surface area contributed by atoms with Crippen molar-refractivity contribution in [2.75, 3.05) is 6.54 Å². The molecule has 0 radical (unpaired) electrons. The minimum atomic E-state index is 0.154. The van der Waals surface area contributed by atoms with Crippen LogP contribution in [0.5, 0.6) is 0 Å². The molecule has 2 rings (SSSR count). The minimum Gasteiger partial charge on any atom is -0.329 e. The predicted octanol–water partition coefficient (Wildman–Crippen LogP) is 4.11. The van der Waals surface area contributed by atoms with Crippen LogP contribution in [-0.4, -0.2) is 23.0 Å². The lowest BCUT2D eigenvalue weighted by molar-refractivity contribution is 0.0239. The van der Waals surface area contributed by atoms with Crippen LogP contribution in [0.1, 0.15) is 52.3 Å². The molecule has 0 bridgehead atoms. The molecule has 0 aromatic carbocycles. The van der Waals surface area contributed by atoms with Crippen molar-refractivity contribution in [1.82, 2.24) is 4.90 Å². The Bertz CT molecular complexity index is 424. The normalized spacial score (nSPS) is 29.5. The molecule has 3 heteroatoms. The first-order valence-corrected chi connectivity index (χ1v) is 8.68. The zero-order valence-electron chi connectivity index (χ0n) is 13.6. The fraction of sp³-hybridized carbons (Fsp3) is 0.765. The fourth-order valence-electron chi connectivity index (χ4n) is 4.29. The Hall–Kier alpha value is -0.380. The van der Waals surface area contributed by atoms with Crippen LogP contribution in [0.4, 0.5) is 0 Å². The van der Waals surface area contributed by atoms with E-state index in [-0.39, 0.29) is 5.54 Å². The first kappa shape index (κ1) is 16.0. The van der Waals surface area contributed by atoms with Crippen LogP contribution in [0, 0.1) is 11.3 Å². The molecule has 0 saturated heterocycles. The second-order valence-electron chi connectivity index (χ2n) is 7.55. The average molecular weight is 295 g/mol. The van der Waals surface area contributed by atoms with Crippen LogP contribution < -0.4 is 5.73 Å². The van der Waals surface area contributed by atoms with Crippen LogP contribution in [0.2, 0.25) is 0 Å². The van der Waals surface area contributed by atoms with Gasteiger partial charge in [-0.1, -0.05) is 26.8 Å². The van der Waals surface area contributed by atoms with E-state index in [0.29, 0.717) is 17.4 Å². The van der Waals surface area contributed by atoms with Gasteiger partial charge in [0.15, 0.2) is 0 Å². The van der Waals surface area contributed by atoms with E-state index in [2.05, 4.69) is 57.0 Å². The van der Waals surface area contributed by atoms with E-state index in [9.17, 15) is 0 Å². The lowest BCUT2D eigenvalue weighted by Gasteiger charge is -2.47. The number of nitrogens with two attached hydrogens (primary N) is 1. The molecule has 2 N–H and O–H groups in total. The van der Waals surface area contributed by atoms with Gasteiger partial charge in [0.1, 0.15) is 0 Å². The molecule has 0 aliphatic heterocycles. The molecule has 2 unspecified atom stereocenters. The molecule has 1 aliphatic carbocycles. The summed E-state index contributed by atoms with van der Waals surface area (Å²) in [5, 5.41) is 2.17. The number of hydrogen-bond acceptors (Lipinski definition) is 3. The highest BCUT2D eigenvalue weighted by molar-refractivity contribution is 7.09. The van der Waals surface area contributed by atoms with Gasteiger partial charge in [0.2, 0.25) is 0 Å². The van der Waals surface area contributed by atoms with Gasteiger partial charge in [-0.3, -0.25) is 4.90 Å². The quantitative estimate of drug-likeness (QED) is 0.885. The summed E-state index contributed by atoms with van der Waals surface area (Å²) in [6, 6.07) is 4.92. The van der Waals surface area contributed by atoms with Gasteiger partial charge in [0, 0.05) is 29.5 Å². The van der Waals surface area contributed by atoms with E-state index in [4.69, 9.17) is 5.73 Å². The summed E-state index contributed by atoms with van der Waals surface area (Å²) in [5.74, 6) is 0.657. The molecule has 2 nitrogen and oxygen atoms in total. The highest BCUT2D eigenvalue weighted by atomic mass is 32.1. The number of nitrogens with zero attached hydrogens (tertiary/aromatic N) is 1. The van der Waals surface area contributed by atoms with E-state index in [1.807, 2.05) is 11.3 Å². The molecule has 1 aromatic heterocycles. The maximum Gasteiger partial charge on any atom is 0.0369 e. The molecule has 1 heterocycles. The van der Waals surface area contributed by atoms with Gasteiger partial charge in [-0.25, -0.2) is 0 Å². The third kappa shape index (κ3) is 2.95. The summed E-state index contributed by atoms with van der Waals surface area (Å²) in [6.07, 6.45) is 2.49. The zero-order chi connectivity index (χ0) is 15.0. The fourth-order valence-corrected chi connectivity index (χ4v) is 5.00. The molecule has 114 valence electrons. The van der Waals surface area contributed by atoms with E-state index in [1.54, 1.807) is 0 Å². The summed E-state index contributed by atoms with van der Waals surface area (Å²) in [6.45, 7) is 13.6. The Morgan fingerprint density at radius 3 is 2.55 bits per heavy atom. The van der Waals surface area contributed by atoms with Crippen molar-refractivity contribution >= 4 is 11.3 Å². The van der Waals surface area contributed by atoms with Crippen molar-refractivity contribution in [3.05, 3.63) is 22.4 Å². The Balaban J connectivity index is 2.30. The van der Waals surface area contributed by atoms with Crippen LogP contribution in [0.3, 0.4) is 0 Å². The zero-order valence-corrected chi connectivity index (χ0v) is 14.5. The van der Waals surface area contributed by atoms with Crippen molar-refractivity contribution in [2.24, 2.45) is 17.1 Å². The topological polar surface area (TPSA) is 29.3 Å². The second kappa shape index (κ2) is 5.78. The van der Waals surface area contributed by atoms with Gasteiger partial charge in [0.05, 0.1) is 0 Å². The van der Waals surface area contributed by atoms with E-state index < -0.39 is 0 Å². The summed E-state index contributed by atoms with van der Waals surface area (Å²) in [5.41, 5.74) is 6.87. The van der Waals surface area contributed by atoms with Crippen molar-refractivity contribution in [2.45, 2.75) is 65.6 Å². The molecular weight excluding hydrogens is 264 g/mol. The van der Waals surface area contributed by atoms with Gasteiger partial charge >= 0.3 is 0 Å². The first-order valence-electron chi connectivity index (χ1n) is 7.80. The number of thiophene rings is 1. The Morgan fingerprint density at radius 2 is 2.15 bits per heavy atom. The highest BCUT2D eigenvalue weighted by Crippen LogP contribution is 2.51. The maximum atomic E-state index is 6.31. The van der Waals surface area contributed by atoms with E-state index in [1.165, 1.54) is 17.7 Å². The molecular formula is C17H30N2S. The molecule has 1 aliphatic rings. The first-order chi connectivity index (χ1) is 9.31. The van der Waals surface area contributed by atoms with Crippen LogP contribution in [0.15, 0.2) is 17.5 Å². The molecule has 1 aromatic rings. The third-order valence-corrected chi connectivity index (χ3v) is 5.88. The lowest BCUT2D eigenvalue weighted by atomic mass is 9.83. The van der Waals surface area contributed by atoms with Crippen molar-refractivity contribution in [1.29, 1.82) is 0 Å². The molecule has 0 amide bonds. The van der Waals surface area contributed by atoms with Crippen molar-refractivity contribution in [3.8, 4) is 0 Å². The van der Waals surface area contributed by atoms with Gasteiger partial charge in [-0.15, -0.1) is 11.3 Å². The summed E-state index contributed by atoms with van der Waals surface area (Å²) < 4.78 is 0. The third-order valence-electron chi connectivity index (χ3n) is 5.02. The number of hydrogen-bond donors (Lipinski definition) is 1. The average Bonchev–Trinajstić information content (AvgIpc) is 2.92. The predicted molar refractivity (Wildman–Crippen MR) is 89.0 cm³/mol. The lowest BCUT2D eigenvalue weighted by Crippen LogP contribution is -2.58. The molecule has 0 spiro atoms. The SMILES string of the molecule is CC(C)N(Cc1cccs1)C1(CN)CC(C)(C)CC1C. The standard InChI is InChI=1S/C17H30N2S/c1-13(2)19(10-15-7-6-8-20-15)17(12-18)11-16(4,5)9-14(17)3/h6-8,13-14H,9-12,18H2,1-5H3. The Labute approximate surface area is 128 Å².